The maximum Gasteiger partial charge on any atom is 0.0192 e. The summed E-state index contributed by atoms with van der Waals surface area (Å²) < 4.78 is 1.17. The van der Waals surface area contributed by atoms with Crippen LogP contribution in [0.5, 0.6) is 0 Å². The molecule has 1 heterocycles. The number of piperidine rings is 1. The molecule has 0 aliphatic carbocycles. The molecule has 1 aromatic rings. The molecule has 0 bridgehead atoms. The minimum atomic E-state index is 0.155. The molecule has 1 aliphatic heterocycles. The number of hydrogen-bond acceptors (Lipinski definition) is 2. The standard InChI is InChI=1S/C17H27BrN2/c1-13-7-8-14(18)10-16(13)17(2,3)12-19-11-15-6-4-5-9-20-15/h7-8,10,15,19-20H,4-6,9,11-12H2,1-3H3. The van der Waals surface area contributed by atoms with E-state index >= 15 is 0 Å². The van der Waals surface area contributed by atoms with Crippen LogP contribution in [0.3, 0.4) is 0 Å². The molecule has 2 nitrogen and oxygen atoms in total. The lowest BCUT2D eigenvalue weighted by Crippen LogP contribution is -2.44. The van der Waals surface area contributed by atoms with Gasteiger partial charge in [0.2, 0.25) is 0 Å². The van der Waals surface area contributed by atoms with E-state index in [0.717, 1.165) is 13.1 Å². The Bertz CT molecular complexity index is 437. The number of aryl methyl sites for hydroxylation is 1. The summed E-state index contributed by atoms with van der Waals surface area (Å²) in [6, 6.07) is 7.23. The van der Waals surface area contributed by atoms with Crippen LogP contribution in [0.2, 0.25) is 0 Å². The molecule has 0 spiro atoms. The molecule has 1 atom stereocenters. The summed E-state index contributed by atoms with van der Waals surface area (Å²) in [7, 11) is 0. The molecular formula is C17H27BrN2. The number of halogens is 1. The molecule has 3 heteroatoms. The van der Waals surface area contributed by atoms with E-state index in [9.17, 15) is 0 Å². The van der Waals surface area contributed by atoms with Crippen LogP contribution in [0.4, 0.5) is 0 Å². The number of hydrogen-bond donors (Lipinski definition) is 2. The molecule has 20 heavy (non-hydrogen) atoms. The average Bonchev–Trinajstić information content (AvgIpc) is 2.42. The summed E-state index contributed by atoms with van der Waals surface area (Å²) in [6.45, 7) is 10.1. The third-order valence-corrected chi connectivity index (χ3v) is 4.79. The summed E-state index contributed by atoms with van der Waals surface area (Å²) in [5.41, 5.74) is 2.95. The average molecular weight is 339 g/mol. The molecule has 0 aromatic heterocycles. The highest BCUT2D eigenvalue weighted by Gasteiger charge is 2.23. The second kappa shape index (κ2) is 7.06. The van der Waals surface area contributed by atoms with Crippen LogP contribution in [-0.2, 0) is 5.41 Å². The largest absolute Gasteiger partial charge is 0.314 e. The minimum absolute atomic E-state index is 0.155. The molecule has 0 radical (unpaired) electrons. The number of nitrogens with one attached hydrogen (secondary N) is 2. The van der Waals surface area contributed by atoms with Gasteiger partial charge in [-0.25, -0.2) is 0 Å². The first-order valence-corrected chi connectivity index (χ1v) is 8.49. The van der Waals surface area contributed by atoms with Gasteiger partial charge in [-0.1, -0.05) is 42.3 Å². The molecule has 1 fully saturated rings. The van der Waals surface area contributed by atoms with Crippen LogP contribution in [0.25, 0.3) is 0 Å². The first-order valence-electron chi connectivity index (χ1n) is 7.70. The third-order valence-electron chi connectivity index (χ3n) is 4.30. The third kappa shape index (κ3) is 4.31. The van der Waals surface area contributed by atoms with E-state index in [1.54, 1.807) is 0 Å². The second-order valence-corrected chi connectivity index (χ2v) is 7.54. The summed E-state index contributed by atoms with van der Waals surface area (Å²) in [4.78, 5) is 0. The Morgan fingerprint density at radius 1 is 1.35 bits per heavy atom. The fourth-order valence-electron chi connectivity index (χ4n) is 3.08. The van der Waals surface area contributed by atoms with Crippen molar-refractivity contribution in [1.82, 2.24) is 10.6 Å². The monoisotopic (exact) mass is 338 g/mol. The normalized spacial score (nSPS) is 20.1. The molecule has 1 aliphatic rings. The highest BCUT2D eigenvalue weighted by molar-refractivity contribution is 9.10. The van der Waals surface area contributed by atoms with Crippen molar-refractivity contribution in [2.24, 2.45) is 0 Å². The quantitative estimate of drug-likeness (QED) is 0.853. The molecule has 1 saturated heterocycles. The van der Waals surface area contributed by atoms with Gasteiger partial charge in [-0.3, -0.25) is 0 Å². The van der Waals surface area contributed by atoms with Gasteiger partial charge >= 0.3 is 0 Å². The maximum absolute atomic E-state index is 3.66. The molecule has 0 amide bonds. The van der Waals surface area contributed by atoms with Gasteiger partial charge < -0.3 is 10.6 Å². The van der Waals surface area contributed by atoms with E-state index in [0.29, 0.717) is 6.04 Å². The van der Waals surface area contributed by atoms with Crippen molar-refractivity contribution in [2.75, 3.05) is 19.6 Å². The maximum atomic E-state index is 3.66. The Morgan fingerprint density at radius 3 is 2.85 bits per heavy atom. The predicted octanol–water partition coefficient (Wildman–Crippen LogP) is 3.77. The molecule has 1 aromatic carbocycles. The topological polar surface area (TPSA) is 24.1 Å². The van der Waals surface area contributed by atoms with Crippen molar-refractivity contribution >= 4 is 15.9 Å². The van der Waals surface area contributed by atoms with E-state index in [-0.39, 0.29) is 5.41 Å². The molecule has 0 saturated carbocycles. The summed E-state index contributed by atoms with van der Waals surface area (Å²) in [5.74, 6) is 0. The number of rotatable bonds is 5. The van der Waals surface area contributed by atoms with Gasteiger partial charge in [-0.05, 0) is 49.6 Å². The van der Waals surface area contributed by atoms with Crippen molar-refractivity contribution in [3.8, 4) is 0 Å². The minimum Gasteiger partial charge on any atom is -0.314 e. The van der Waals surface area contributed by atoms with Crippen molar-refractivity contribution < 1.29 is 0 Å². The van der Waals surface area contributed by atoms with Crippen molar-refractivity contribution in [2.45, 2.75) is 51.5 Å². The Hall–Kier alpha value is -0.380. The number of benzene rings is 1. The van der Waals surface area contributed by atoms with Gasteiger partial charge in [0.25, 0.3) is 0 Å². The van der Waals surface area contributed by atoms with Crippen LogP contribution in [0, 0.1) is 6.92 Å². The summed E-state index contributed by atoms with van der Waals surface area (Å²) in [5, 5.41) is 7.26. The Balaban J connectivity index is 1.91. The predicted molar refractivity (Wildman–Crippen MR) is 90.4 cm³/mol. The van der Waals surface area contributed by atoms with E-state index in [1.165, 1.54) is 41.4 Å². The van der Waals surface area contributed by atoms with Crippen LogP contribution >= 0.6 is 15.9 Å². The van der Waals surface area contributed by atoms with Crippen molar-refractivity contribution in [3.63, 3.8) is 0 Å². The van der Waals surface area contributed by atoms with E-state index in [4.69, 9.17) is 0 Å². The van der Waals surface area contributed by atoms with Crippen LogP contribution < -0.4 is 10.6 Å². The smallest absolute Gasteiger partial charge is 0.0192 e. The van der Waals surface area contributed by atoms with Crippen LogP contribution in [0.15, 0.2) is 22.7 Å². The lowest BCUT2D eigenvalue weighted by molar-refractivity contribution is 0.366. The zero-order valence-corrected chi connectivity index (χ0v) is 14.5. The van der Waals surface area contributed by atoms with E-state index in [2.05, 4.69) is 65.5 Å². The summed E-state index contributed by atoms with van der Waals surface area (Å²) in [6.07, 6.45) is 4.01. The van der Waals surface area contributed by atoms with Crippen LogP contribution in [-0.4, -0.2) is 25.7 Å². The molecule has 112 valence electrons. The SMILES string of the molecule is Cc1ccc(Br)cc1C(C)(C)CNCC1CCCCN1. The fraction of sp³-hybridized carbons (Fsp3) is 0.647. The lowest BCUT2D eigenvalue weighted by Gasteiger charge is -2.30. The summed E-state index contributed by atoms with van der Waals surface area (Å²) >= 11 is 3.59. The second-order valence-electron chi connectivity index (χ2n) is 6.62. The molecular weight excluding hydrogens is 312 g/mol. The zero-order valence-electron chi connectivity index (χ0n) is 12.9. The first-order chi connectivity index (χ1) is 9.49. The van der Waals surface area contributed by atoms with Gasteiger partial charge in [0, 0.05) is 29.0 Å². The Kier molecular flexibility index (Phi) is 5.65. The molecule has 1 unspecified atom stereocenters. The Labute approximate surface area is 131 Å². The van der Waals surface area contributed by atoms with Gasteiger partial charge in [0.05, 0.1) is 0 Å². The first kappa shape index (κ1) is 16.0. The highest BCUT2D eigenvalue weighted by Crippen LogP contribution is 2.28. The van der Waals surface area contributed by atoms with E-state index < -0.39 is 0 Å². The van der Waals surface area contributed by atoms with E-state index in [1.807, 2.05) is 0 Å². The van der Waals surface area contributed by atoms with Crippen molar-refractivity contribution in [3.05, 3.63) is 33.8 Å². The lowest BCUT2D eigenvalue weighted by atomic mass is 9.82. The van der Waals surface area contributed by atoms with Crippen LogP contribution in [0.1, 0.15) is 44.2 Å². The van der Waals surface area contributed by atoms with Crippen molar-refractivity contribution in [1.29, 1.82) is 0 Å². The zero-order chi connectivity index (χ0) is 14.6. The highest BCUT2D eigenvalue weighted by atomic mass is 79.9. The van der Waals surface area contributed by atoms with Gasteiger partial charge in [0.15, 0.2) is 0 Å². The van der Waals surface area contributed by atoms with Gasteiger partial charge in [-0.15, -0.1) is 0 Å². The molecule has 2 N–H and O–H groups in total. The van der Waals surface area contributed by atoms with Gasteiger partial charge in [0.1, 0.15) is 0 Å². The Morgan fingerprint density at radius 2 is 2.15 bits per heavy atom. The van der Waals surface area contributed by atoms with Gasteiger partial charge in [-0.2, -0.15) is 0 Å². The fourth-order valence-corrected chi connectivity index (χ4v) is 3.44. The molecule has 2 rings (SSSR count).